The predicted octanol–water partition coefficient (Wildman–Crippen LogP) is 7.27. The number of rotatable bonds is 14. The van der Waals surface area contributed by atoms with Gasteiger partial charge in [0.1, 0.15) is 12.6 Å². The number of nitrogens with zero attached hydrogens (tertiary/aromatic N) is 2. The average molecular weight is 756 g/mol. The van der Waals surface area contributed by atoms with Crippen molar-refractivity contribution in [2.75, 3.05) is 17.4 Å². The molecule has 0 aliphatic heterocycles. The number of carbonyl (C=O) groups is 2. The predicted molar refractivity (Wildman–Crippen MR) is 186 cm³/mol. The molecule has 7 nitrogen and oxygen atoms in total. The van der Waals surface area contributed by atoms with Crippen molar-refractivity contribution < 1.29 is 18.0 Å². The standard InChI is InChI=1S/C35H37Br2N3O4S/c1-3-4-21-38-35(42)33(23-27-9-6-5-7-10-27)39(24-28-11-8-12-30(37)22-28)34(41)25-40(31-17-15-29(36)16-18-31)45(43,44)32-19-13-26(2)14-20-32/h5-20,22,33H,3-4,21,23-25H2,1-2H3,(H,38,42). The molecule has 0 fully saturated rings. The zero-order valence-corrected chi connectivity index (χ0v) is 29.3. The van der Waals surface area contributed by atoms with Crippen molar-refractivity contribution in [1.82, 2.24) is 10.2 Å². The van der Waals surface area contributed by atoms with E-state index in [-0.39, 0.29) is 23.8 Å². The first-order valence-corrected chi connectivity index (χ1v) is 17.8. The van der Waals surface area contributed by atoms with Gasteiger partial charge in [-0.2, -0.15) is 0 Å². The number of hydrogen-bond donors (Lipinski definition) is 1. The van der Waals surface area contributed by atoms with Crippen molar-refractivity contribution in [2.45, 2.75) is 50.6 Å². The average Bonchev–Trinajstić information content (AvgIpc) is 3.02. The van der Waals surface area contributed by atoms with E-state index in [0.717, 1.165) is 42.8 Å². The SMILES string of the molecule is CCCCNC(=O)C(Cc1ccccc1)N(Cc1cccc(Br)c1)C(=O)CN(c1ccc(Br)cc1)S(=O)(=O)c1ccc(C)cc1. The van der Waals surface area contributed by atoms with Gasteiger partial charge in [0.25, 0.3) is 10.0 Å². The summed E-state index contributed by atoms with van der Waals surface area (Å²) in [6.07, 6.45) is 1.97. The lowest BCUT2D eigenvalue weighted by molar-refractivity contribution is -0.140. The van der Waals surface area contributed by atoms with Gasteiger partial charge in [-0.3, -0.25) is 13.9 Å². The summed E-state index contributed by atoms with van der Waals surface area (Å²) in [4.78, 5) is 29.9. The summed E-state index contributed by atoms with van der Waals surface area (Å²) in [5.41, 5.74) is 2.94. The monoisotopic (exact) mass is 753 g/mol. The molecule has 1 unspecified atom stereocenters. The van der Waals surface area contributed by atoms with Gasteiger partial charge in [-0.15, -0.1) is 0 Å². The van der Waals surface area contributed by atoms with Crippen molar-refractivity contribution >= 4 is 59.4 Å². The maximum atomic E-state index is 14.5. The molecule has 1 N–H and O–H groups in total. The smallest absolute Gasteiger partial charge is 0.264 e. The molecule has 1 atom stereocenters. The van der Waals surface area contributed by atoms with Crippen LogP contribution in [0.4, 0.5) is 5.69 Å². The van der Waals surface area contributed by atoms with Crippen molar-refractivity contribution in [1.29, 1.82) is 0 Å². The lowest BCUT2D eigenvalue weighted by Gasteiger charge is -2.34. The fourth-order valence-corrected chi connectivity index (χ4v) is 6.99. The number of aryl methyl sites for hydroxylation is 1. The Bertz CT molecular complexity index is 1680. The Labute approximate surface area is 283 Å². The zero-order valence-electron chi connectivity index (χ0n) is 25.3. The van der Waals surface area contributed by atoms with Crippen molar-refractivity contribution in [2.24, 2.45) is 0 Å². The van der Waals surface area contributed by atoms with Gasteiger partial charge in [-0.1, -0.05) is 105 Å². The Morgan fingerprint density at radius 2 is 1.49 bits per heavy atom. The normalized spacial score (nSPS) is 11.9. The van der Waals surface area contributed by atoms with Crippen LogP contribution in [0.25, 0.3) is 0 Å². The van der Waals surface area contributed by atoms with Gasteiger partial charge in [-0.25, -0.2) is 8.42 Å². The second kappa shape index (κ2) is 16.2. The highest BCUT2D eigenvalue weighted by Gasteiger charge is 2.34. The third-order valence-corrected chi connectivity index (χ3v) is 10.2. The van der Waals surface area contributed by atoms with Gasteiger partial charge < -0.3 is 10.2 Å². The number of anilines is 1. The van der Waals surface area contributed by atoms with E-state index in [1.807, 2.05) is 68.4 Å². The molecule has 2 amide bonds. The number of amides is 2. The van der Waals surface area contributed by atoms with E-state index in [1.54, 1.807) is 48.5 Å². The molecule has 0 heterocycles. The van der Waals surface area contributed by atoms with Crippen LogP contribution in [0, 0.1) is 6.92 Å². The van der Waals surface area contributed by atoms with Crippen LogP contribution in [0.3, 0.4) is 0 Å². The maximum Gasteiger partial charge on any atom is 0.264 e. The quantitative estimate of drug-likeness (QED) is 0.137. The molecule has 0 saturated heterocycles. The first kappa shape index (κ1) is 34.4. The lowest BCUT2D eigenvalue weighted by atomic mass is 10.0. The second-order valence-corrected chi connectivity index (χ2v) is 14.5. The van der Waals surface area contributed by atoms with E-state index >= 15 is 0 Å². The topological polar surface area (TPSA) is 86.8 Å². The first-order chi connectivity index (χ1) is 21.6. The molecule has 4 aromatic rings. The van der Waals surface area contributed by atoms with E-state index in [1.165, 1.54) is 4.90 Å². The largest absolute Gasteiger partial charge is 0.354 e. The third-order valence-electron chi connectivity index (χ3n) is 7.35. The Kier molecular flexibility index (Phi) is 12.4. The molecule has 0 bridgehead atoms. The molecule has 236 valence electrons. The molecular weight excluding hydrogens is 718 g/mol. The number of nitrogens with one attached hydrogen (secondary N) is 1. The van der Waals surface area contributed by atoms with Gasteiger partial charge in [-0.05, 0) is 73.0 Å². The van der Waals surface area contributed by atoms with Gasteiger partial charge >= 0.3 is 0 Å². The van der Waals surface area contributed by atoms with E-state index in [2.05, 4.69) is 37.2 Å². The van der Waals surface area contributed by atoms with E-state index < -0.39 is 28.5 Å². The lowest BCUT2D eigenvalue weighted by Crippen LogP contribution is -2.53. The summed E-state index contributed by atoms with van der Waals surface area (Å²) in [5, 5.41) is 3.01. The zero-order chi connectivity index (χ0) is 32.4. The van der Waals surface area contributed by atoms with Crippen LogP contribution in [0.15, 0.2) is 117 Å². The fraction of sp³-hybridized carbons (Fsp3) is 0.257. The number of hydrogen-bond acceptors (Lipinski definition) is 4. The van der Waals surface area contributed by atoms with Crippen LogP contribution < -0.4 is 9.62 Å². The minimum absolute atomic E-state index is 0.0699. The Morgan fingerprint density at radius 1 is 0.822 bits per heavy atom. The van der Waals surface area contributed by atoms with Gasteiger partial charge in [0.2, 0.25) is 11.8 Å². The summed E-state index contributed by atoms with van der Waals surface area (Å²) in [5.74, 6) is -0.785. The van der Waals surface area contributed by atoms with Crippen LogP contribution in [-0.2, 0) is 32.6 Å². The third kappa shape index (κ3) is 9.51. The van der Waals surface area contributed by atoms with Crippen molar-refractivity contribution in [3.8, 4) is 0 Å². The summed E-state index contributed by atoms with van der Waals surface area (Å²) < 4.78 is 31.0. The maximum absolute atomic E-state index is 14.5. The molecule has 0 aliphatic rings. The summed E-state index contributed by atoms with van der Waals surface area (Å²) >= 11 is 6.93. The fourth-order valence-electron chi connectivity index (χ4n) is 4.87. The molecule has 0 spiro atoms. The van der Waals surface area contributed by atoms with E-state index in [4.69, 9.17) is 0 Å². The molecule has 4 aromatic carbocycles. The van der Waals surface area contributed by atoms with Crippen LogP contribution in [0.5, 0.6) is 0 Å². The first-order valence-electron chi connectivity index (χ1n) is 14.8. The van der Waals surface area contributed by atoms with Gasteiger partial charge in [0.05, 0.1) is 10.6 Å². The van der Waals surface area contributed by atoms with Crippen LogP contribution >= 0.6 is 31.9 Å². The Balaban J connectivity index is 1.78. The van der Waals surface area contributed by atoms with E-state index in [0.29, 0.717) is 12.2 Å². The van der Waals surface area contributed by atoms with Crippen LogP contribution in [0.2, 0.25) is 0 Å². The number of sulfonamides is 1. The molecule has 0 aliphatic carbocycles. The molecule has 45 heavy (non-hydrogen) atoms. The minimum atomic E-state index is -4.15. The number of halogens is 2. The summed E-state index contributed by atoms with van der Waals surface area (Å²) in [6, 6.07) is 29.5. The Morgan fingerprint density at radius 3 is 2.13 bits per heavy atom. The number of benzene rings is 4. The Hall–Kier alpha value is -3.47. The molecule has 0 saturated carbocycles. The van der Waals surface area contributed by atoms with Crippen molar-refractivity contribution in [3.05, 3.63) is 129 Å². The molecule has 0 aromatic heterocycles. The molecule has 10 heteroatoms. The van der Waals surface area contributed by atoms with Gasteiger partial charge in [0.15, 0.2) is 0 Å². The summed E-state index contributed by atoms with van der Waals surface area (Å²) in [7, 11) is -4.15. The molecule has 4 rings (SSSR count). The number of carbonyl (C=O) groups excluding carboxylic acids is 2. The van der Waals surface area contributed by atoms with Gasteiger partial charge in [0, 0.05) is 28.5 Å². The minimum Gasteiger partial charge on any atom is -0.354 e. The molecule has 0 radical (unpaired) electrons. The number of unbranched alkanes of at least 4 members (excludes halogenated alkanes) is 1. The van der Waals surface area contributed by atoms with Crippen molar-refractivity contribution in [3.63, 3.8) is 0 Å². The van der Waals surface area contributed by atoms with Crippen LogP contribution in [0.1, 0.15) is 36.5 Å². The highest BCUT2D eigenvalue weighted by molar-refractivity contribution is 9.10. The summed E-state index contributed by atoms with van der Waals surface area (Å²) in [6.45, 7) is 4.01. The van der Waals surface area contributed by atoms with E-state index in [9.17, 15) is 18.0 Å². The van der Waals surface area contributed by atoms with Crippen LogP contribution in [-0.4, -0.2) is 44.3 Å². The molecular formula is C35H37Br2N3O4S. The highest BCUT2D eigenvalue weighted by atomic mass is 79.9. The highest BCUT2D eigenvalue weighted by Crippen LogP contribution is 2.27. The second-order valence-electron chi connectivity index (χ2n) is 10.8.